The summed E-state index contributed by atoms with van der Waals surface area (Å²) < 4.78 is 2.50. The Balaban J connectivity index is 2.34. The minimum absolute atomic E-state index is 0.193. The summed E-state index contributed by atoms with van der Waals surface area (Å²) in [6.45, 7) is 3.56. The van der Waals surface area contributed by atoms with E-state index in [2.05, 4.69) is 21.2 Å². The van der Waals surface area contributed by atoms with Gasteiger partial charge in [-0.1, -0.05) is 0 Å². The lowest BCUT2D eigenvalue weighted by molar-refractivity contribution is 0.0695. The normalized spacial score (nSPS) is 10.5. The van der Waals surface area contributed by atoms with Crippen LogP contribution in [0.15, 0.2) is 28.9 Å². The van der Waals surface area contributed by atoms with E-state index in [4.69, 9.17) is 0 Å². The van der Waals surface area contributed by atoms with Gasteiger partial charge in [0.15, 0.2) is 0 Å². The van der Waals surface area contributed by atoms with Crippen molar-refractivity contribution >= 4 is 33.5 Å². The number of hydrogen-bond donors (Lipinski definition) is 2. The Bertz CT molecular complexity index is 735. The van der Waals surface area contributed by atoms with Gasteiger partial charge in [-0.05, 0) is 59.1 Å². The van der Waals surface area contributed by atoms with Crippen LogP contribution in [0, 0.1) is 13.8 Å². The maximum atomic E-state index is 12.2. The van der Waals surface area contributed by atoms with Gasteiger partial charge < -0.3 is 15.0 Å². The number of benzene rings is 1. The van der Waals surface area contributed by atoms with Crippen LogP contribution in [-0.2, 0) is 7.05 Å². The standard InChI is InChI=1S/C15H15BrN2O3/c1-8-4-11(6-12(9(8)2)15(20)21)17-14(19)13-5-10(16)7-18(13)3/h4-7H,1-3H3,(H,17,19)(H,20,21). The minimum atomic E-state index is -1.01. The lowest BCUT2D eigenvalue weighted by Gasteiger charge is -2.11. The summed E-state index contributed by atoms with van der Waals surface area (Å²) >= 11 is 3.31. The van der Waals surface area contributed by atoms with Gasteiger partial charge in [-0.25, -0.2) is 4.79 Å². The molecule has 110 valence electrons. The molecule has 2 N–H and O–H groups in total. The highest BCUT2D eigenvalue weighted by Crippen LogP contribution is 2.21. The number of aryl methyl sites for hydroxylation is 2. The SMILES string of the molecule is Cc1cc(NC(=O)c2cc(Br)cn2C)cc(C(=O)O)c1C. The maximum Gasteiger partial charge on any atom is 0.336 e. The van der Waals surface area contributed by atoms with Crippen LogP contribution in [0.3, 0.4) is 0 Å². The van der Waals surface area contributed by atoms with Gasteiger partial charge in [-0.3, -0.25) is 4.79 Å². The van der Waals surface area contributed by atoms with E-state index in [-0.39, 0.29) is 11.5 Å². The molecule has 0 bridgehead atoms. The molecule has 21 heavy (non-hydrogen) atoms. The first-order valence-electron chi connectivity index (χ1n) is 6.27. The summed E-state index contributed by atoms with van der Waals surface area (Å²) in [5, 5.41) is 11.9. The van der Waals surface area contributed by atoms with Crippen molar-refractivity contribution in [2.24, 2.45) is 7.05 Å². The minimum Gasteiger partial charge on any atom is -0.478 e. The van der Waals surface area contributed by atoms with Gasteiger partial charge in [-0.15, -0.1) is 0 Å². The predicted molar refractivity (Wildman–Crippen MR) is 83.9 cm³/mol. The summed E-state index contributed by atoms with van der Waals surface area (Å²) in [5.41, 5.74) is 2.66. The second-order valence-electron chi connectivity index (χ2n) is 4.88. The monoisotopic (exact) mass is 350 g/mol. The van der Waals surface area contributed by atoms with E-state index in [0.717, 1.165) is 10.0 Å². The number of hydrogen-bond acceptors (Lipinski definition) is 2. The van der Waals surface area contributed by atoms with Crippen LogP contribution in [0.25, 0.3) is 0 Å². The van der Waals surface area contributed by atoms with E-state index in [9.17, 15) is 14.7 Å². The lowest BCUT2D eigenvalue weighted by atomic mass is 10.0. The number of carboxylic acid groups (broad SMARTS) is 1. The van der Waals surface area contributed by atoms with Gasteiger partial charge in [-0.2, -0.15) is 0 Å². The molecule has 0 saturated heterocycles. The van der Waals surface area contributed by atoms with Crippen molar-refractivity contribution in [3.63, 3.8) is 0 Å². The molecule has 0 aliphatic rings. The molecule has 0 radical (unpaired) electrons. The molecule has 0 fully saturated rings. The molecule has 0 aliphatic carbocycles. The van der Waals surface area contributed by atoms with Crippen molar-refractivity contribution in [1.82, 2.24) is 4.57 Å². The van der Waals surface area contributed by atoms with Crippen LogP contribution in [0.1, 0.15) is 32.0 Å². The first-order chi connectivity index (χ1) is 9.79. The second-order valence-corrected chi connectivity index (χ2v) is 5.80. The van der Waals surface area contributed by atoms with E-state index < -0.39 is 5.97 Å². The third-order valence-corrected chi connectivity index (χ3v) is 3.79. The summed E-state index contributed by atoms with van der Waals surface area (Å²) in [6.07, 6.45) is 1.78. The highest BCUT2D eigenvalue weighted by atomic mass is 79.9. The predicted octanol–water partition coefficient (Wildman–Crippen LogP) is 3.35. The number of aromatic nitrogens is 1. The molecule has 1 aromatic carbocycles. The number of amides is 1. The molecular formula is C15H15BrN2O3. The second kappa shape index (κ2) is 5.73. The zero-order valence-electron chi connectivity index (χ0n) is 11.9. The largest absolute Gasteiger partial charge is 0.478 e. The summed E-state index contributed by atoms with van der Waals surface area (Å²) in [6, 6.07) is 4.94. The van der Waals surface area contributed by atoms with E-state index in [1.165, 1.54) is 6.07 Å². The van der Waals surface area contributed by atoms with Crippen LogP contribution in [0.5, 0.6) is 0 Å². The van der Waals surface area contributed by atoms with Gasteiger partial charge in [0.2, 0.25) is 0 Å². The number of anilines is 1. The molecular weight excluding hydrogens is 336 g/mol. The highest BCUT2D eigenvalue weighted by Gasteiger charge is 2.15. The van der Waals surface area contributed by atoms with E-state index in [1.54, 1.807) is 36.9 Å². The van der Waals surface area contributed by atoms with Crippen LogP contribution in [0.4, 0.5) is 5.69 Å². The quantitative estimate of drug-likeness (QED) is 0.891. The molecule has 1 heterocycles. The molecule has 2 rings (SSSR count). The van der Waals surface area contributed by atoms with Crippen LogP contribution < -0.4 is 5.32 Å². The van der Waals surface area contributed by atoms with Crippen LogP contribution in [0.2, 0.25) is 0 Å². The molecule has 0 atom stereocenters. The van der Waals surface area contributed by atoms with E-state index in [0.29, 0.717) is 16.9 Å². The zero-order valence-corrected chi connectivity index (χ0v) is 13.5. The Morgan fingerprint density at radius 1 is 1.24 bits per heavy atom. The van der Waals surface area contributed by atoms with E-state index >= 15 is 0 Å². The van der Waals surface area contributed by atoms with Crippen molar-refractivity contribution < 1.29 is 14.7 Å². The molecule has 5 nitrogen and oxygen atoms in total. The molecule has 0 saturated carbocycles. The summed E-state index contributed by atoms with van der Waals surface area (Å²) in [5.74, 6) is -1.30. The zero-order chi connectivity index (χ0) is 15.7. The number of halogens is 1. The number of carboxylic acids is 1. The molecule has 0 unspecified atom stereocenters. The smallest absolute Gasteiger partial charge is 0.336 e. The highest BCUT2D eigenvalue weighted by molar-refractivity contribution is 9.10. The van der Waals surface area contributed by atoms with Gasteiger partial charge in [0, 0.05) is 23.4 Å². The Kier molecular flexibility index (Phi) is 4.18. The number of carbonyl (C=O) groups excluding carboxylic acids is 1. The van der Waals surface area contributed by atoms with Gasteiger partial charge >= 0.3 is 5.97 Å². The number of nitrogens with one attached hydrogen (secondary N) is 1. The number of carbonyl (C=O) groups is 2. The van der Waals surface area contributed by atoms with E-state index in [1.807, 2.05) is 6.92 Å². The maximum absolute atomic E-state index is 12.2. The van der Waals surface area contributed by atoms with Crippen molar-refractivity contribution in [2.45, 2.75) is 13.8 Å². The third kappa shape index (κ3) is 3.16. The Morgan fingerprint density at radius 2 is 1.90 bits per heavy atom. The first-order valence-corrected chi connectivity index (χ1v) is 7.06. The van der Waals surface area contributed by atoms with Crippen molar-refractivity contribution in [1.29, 1.82) is 0 Å². The van der Waals surface area contributed by atoms with Crippen LogP contribution in [-0.4, -0.2) is 21.6 Å². The number of nitrogens with zero attached hydrogens (tertiary/aromatic N) is 1. The molecule has 2 aromatic rings. The topological polar surface area (TPSA) is 71.3 Å². The molecule has 0 spiro atoms. The average molecular weight is 351 g/mol. The van der Waals surface area contributed by atoms with Gasteiger partial charge in [0.1, 0.15) is 5.69 Å². The summed E-state index contributed by atoms with van der Waals surface area (Å²) in [7, 11) is 1.77. The van der Waals surface area contributed by atoms with Crippen molar-refractivity contribution in [3.05, 3.63) is 51.3 Å². The molecule has 0 aliphatic heterocycles. The molecule has 1 aromatic heterocycles. The van der Waals surface area contributed by atoms with Crippen molar-refractivity contribution in [3.8, 4) is 0 Å². The Hall–Kier alpha value is -2.08. The first kappa shape index (κ1) is 15.3. The molecule has 1 amide bonds. The van der Waals surface area contributed by atoms with Crippen LogP contribution >= 0.6 is 15.9 Å². The number of aromatic carboxylic acids is 1. The fourth-order valence-electron chi connectivity index (χ4n) is 2.10. The fraction of sp³-hybridized carbons (Fsp3) is 0.200. The molecule has 6 heteroatoms. The summed E-state index contributed by atoms with van der Waals surface area (Å²) in [4.78, 5) is 23.4. The Morgan fingerprint density at radius 3 is 2.43 bits per heavy atom. The van der Waals surface area contributed by atoms with Crippen molar-refractivity contribution in [2.75, 3.05) is 5.32 Å². The lowest BCUT2D eigenvalue weighted by Crippen LogP contribution is -2.16. The average Bonchev–Trinajstić information content (AvgIpc) is 2.72. The Labute approximate surface area is 130 Å². The van der Waals surface area contributed by atoms with Gasteiger partial charge in [0.25, 0.3) is 5.91 Å². The van der Waals surface area contributed by atoms with Gasteiger partial charge in [0.05, 0.1) is 5.56 Å². The third-order valence-electron chi connectivity index (χ3n) is 3.36. The number of rotatable bonds is 3. The fourth-order valence-corrected chi connectivity index (χ4v) is 2.62.